The van der Waals surface area contributed by atoms with Gasteiger partial charge in [0, 0.05) is 113 Å². The van der Waals surface area contributed by atoms with Crippen LogP contribution >= 0.6 is 0 Å². The minimum atomic E-state index is -6.00. The van der Waals surface area contributed by atoms with Crippen LogP contribution in [-0.4, -0.2) is 113 Å². The number of imidazole rings is 2. The number of hydrogen-bond acceptors (Lipinski definition) is 16. The Morgan fingerprint density at radius 3 is 0.754 bits per heavy atom. The van der Waals surface area contributed by atoms with Crippen LogP contribution in [0.15, 0.2) is 195 Å². The second-order valence-electron chi connectivity index (χ2n) is 24.2. The van der Waals surface area contributed by atoms with Gasteiger partial charge < -0.3 is 159 Å². The number of ether oxygens (including phenoxy) is 8. The van der Waals surface area contributed by atoms with Crippen molar-refractivity contribution in [3.05, 3.63) is 208 Å². The summed E-state index contributed by atoms with van der Waals surface area (Å²) in [6, 6.07) is 61.1. The number of halogens is 12. The molecule has 10 aromatic rings. The fraction of sp³-hybridized carbons (Fsp3) is 0.381. The molecule has 1 aliphatic rings. The first-order chi connectivity index (χ1) is 55.5. The monoisotopic (exact) mass is 2140 g/mol. The summed E-state index contributed by atoms with van der Waals surface area (Å²) >= 11 is 0. The normalized spacial score (nSPS) is 11.3. The smallest absolute Gasteiger partial charge is 1.00 e. The molecule has 4 aromatic carbocycles. The molecule has 0 unspecified atom stereocenters. The van der Waals surface area contributed by atoms with Gasteiger partial charge in [0.05, 0.1) is 113 Å². The minimum absolute atomic E-state index is 0. The number of fused-ring (bicyclic) bond motifs is 4. The zero-order valence-electron chi connectivity index (χ0n) is 70.5. The Balaban J connectivity index is -0.000000264. The molecule has 0 atom stereocenters. The number of nitrogens with zero attached hydrogens (tertiary/aromatic N) is 14. The Morgan fingerprint density at radius 2 is 0.541 bits per heavy atom. The van der Waals surface area contributed by atoms with Crippen molar-refractivity contribution in [2.24, 2.45) is 0 Å². The van der Waals surface area contributed by atoms with E-state index in [1.165, 1.54) is 85.9 Å². The van der Waals surface area contributed by atoms with Crippen LogP contribution in [0.25, 0.3) is 44.3 Å². The quantitative estimate of drug-likeness (QED) is 0.0732. The molecule has 0 amide bonds. The zero-order chi connectivity index (χ0) is 87.0. The first kappa shape index (κ1) is 126. The van der Waals surface area contributed by atoms with E-state index >= 15 is 0 Å². The Bertz CT molecular complexity index is 4030. The van der Waals surface area contributed by atoms with Gasteiger partial charge in [0.1, 0.15) is 26.4 Å². The maximum absolute atomic E-state index is 9.75. The predicted molar refractivity (Wildman–Crippen MR) is 429 cm³/mol. The molecule has 22 nitrogen and oxygen atoms in total. The van der Waals surface area contributed by atoms with E-state index in [1.807, 2.05) is 97.6 Å². The second-order valence-corrected chi connectivity index (χ2v) is 24.2. The molecule has 6 aromatic heterocycles. The number of hydrogen-bond donors (Lipinski definition) is 0. The summed E-state index contributed by atoms with van der Waals surface area (Å²) in [6.07, 6.45) is 22.6. The van der Waals surface area contributed by atoms with Crippen LogP contribution in [0.4, 0.5) is 34.5 Å². The van der Waals surface area contributed by atoms with E-state index in [0.717, 1.165) is 13.1 Å². The predicted octanol–water partition coefficient (Wildman–Crippen LogP) is 5.64. The molecule has 11 rings (SSSR count). The molecule has 122 heavy (non-hydrogen) atoms. The average molecular weight is 2150 g/mol. The van der Waals surface area contributed by atoms with Gasteiger partial charge in [-0.3, -0.25) is 9.97 Å². The van der Waals surface area contributed by atoms with Crippen molar-refractivity contribution >= 4 is 36.6 Å². The summed E-state index contributed by atoms with van der Waals surface area (Å²) in [6.45, 7) is 33.4. The summed E-state index contributed by atoms with van der Waals surface area (Å²) in [5.41, 5.74) is 9.85. The summed E-state index contributed by atoms with van der Waals surface area (Å²) in [5, 5.41) is 43.9. The van der Waals surface area contributed by atoms with E-state index in [2.05, 4.69) is 203 Å². The minimum Gasteiger partial charge on any atom is -1.00 e. The molecule has 7 heterocycles. The van der Waals surface area contributed by atoms with Crippen molar-refractivity contribution < 1.29 is 199 Å². The topological polar surface area (TPSA) is 268 Å². The molecule has 670 valence electrons. The molecule has 0 saturated carbocycles. The van der Waals surface area contributed by atoms with Crippen LogP contribution in [0.2, 0.25) is 0 Å². The number of benzene rings is 4. The Morgan fingerprint density at radius 1 is 0.344 bits per heavy atom. The van der Waals surface area contributed by atoms with Crippen molar-refractivity contribution in [3.8, 4) is 81.7 Å². The molecular formula is C84H106B2Br4F8N14O8Pd2. The first-order valence-electron chi connectivity index (χ1n) is 36.8. The van der Waals surface area contributed by atoms with Crippen molar-refractivity contribution in [2.75, 3.05) is 79.3 Å². The SMILES string of the molecule is CC#N.CC#N.CC#N.CC#N.CC#N.CC#N.CC(C)n1[c-][n+](C(C)C)c2ccccc21.CC(C)n1[c-][n+](C(C)C)c2ccccc21.F[B-](F)(F)F.F[B-](F)(F)F.[Br-].[Br-].[Br-].[Br-].[Pd+2].[Pd+2].c1cc(-c2cc[n+](CC[n+]3ccc(-c4ccncc4)cc3)cc2)ccn1.c1ccc2c(c1)OCCOCCOCCOc1ccccc1OCCOCCOCCO2. The number of para-hydroxylation sites is 8. The fourth-order valence-electron chi connectivity index (χ4n) is 9.55. The summed E-state index contributed by atoms with van der Waals surface area (Å²) in [5.74, 6) is 2.73. The van der Waals surface area contributed by atoms with E-state index in [4.69, 9.17) is 69.5 Å². The van der Waals surface area contributed by atoms with Crippen molar-refractivity contribution in [3.63, 3.8) is 0 Å². The van der Waals surface area contributed by atoms with Gasteiger partial charge >= 0.3 is 55.4 Å². The molecule has 0 fully saturated rings. The third kappa shape index (κ3) is 59.9. The van der Waals surface area contributed by atoms with Gasteiger partial charge in [-0.2, -0.15) is 40.7 Å². The van der Waals surface area contributed by atoms with Crippen molar-refractivity contribution in [1.29, 1.82) is 31.6 Å². The molecular weight excluding hydrogens is 2040 g/mol. The summed E-state index contributed by atoms with van der Waals surface area (Å²) in [4.78, 5) is 8.13. The number of nitriles is 6. The second kappa shape index (κ2) is 78.2. The van der Waals surface area contributed by atoms with E-state index in [9.17, 15) is 34.5 Å². The van der Waals surface area contributed by atoms with Gasteiger partial charge in [0.2, 0.25) is 25.7 Å². The van der Waals surface area contributed by atoms with Crippen LogP contribution in [-0.2, 0) is 72.9 Å². The first-order valence-corrected chi connectivity index (χ1v) is 36.8. The van der Waals surface area contributed by atoms with E-state index in [0.29, 0.717) is 126 Å². The maximum Gasteiger partial charge on any atom is 2.00 e. The third-order valence-electron chi connectivity index (χ3n) is 14.1. The number of aromatic nitrogens is 8. The molecule has 0 radical (unpaired) electrons. The number of aryl methyl sites for hydroxylation is 2. The van der Waals surface area contributed by atoms with Crippen LogP contribution < -0.4 is 105 Å². The number of pyridine rings is 4. The van der Waals surface area contributed by atoms with Gasteiger partial charge in [0.15, 0.2) is 47.8 Å². The van der Waals surface area contributed by atoms with Crippen LogP contribution in [0.3, 0.4) is 0 Å². The Labute approximate surface area is 783 Å². The largest absolute Gasteiger partial charge is 2.00 e. The van der Waals surface area contributed by atoms with Gasteiger partial charge in [-0.05, 0) is 126 Å². The standard InChI is InChI=1S/C24H32O8.C22H20N4.2C13H18N2.6C2H3N.2BF4.4BrH.2Pd/c1-2-6-22-21(5-1)29-17-13-25-9-10-27-15-19-31-23-7-3-4-8-24(23)32-20-16-28-12-11-26-14-18-30-22;1-9-23-10-2-19(1)21-5-13-25(14-6-21)17-18-26-15-7-22(8-16-26)20-3-11-24-12-4-20;2*1-10(2)14-9-15(11(3)4)13-8-6-5-7-12(13)14;6*1-2-3;2*2-1(3,4)5;;;;;;/h1-8H,9-20H2;1-16H,17-18H2;2*5-8,10-11H,1-4H3;6*1H3;;;4*1H;;/q;+2;;;;;;;;;2*-1;;;;;2*+2/p-4. The van der Waals surface area contributed by atoms with Crippen molar-refractivity contribution in [1.82, 2.24) is 19.1 Å². The summed E-state index contributed by atoms with van der Waals surface area (Å²) in [7, 11) is -12.0. The van der Waals surface area contributed by atoms with Crippen LogP contribution in [0.5, 0.6) is 23.0 Å². The molecule has 0 spiro atoms. The van der Waals surface area contributed by atoms with Crippen LogP contribution in [0, 0.1) is 80.6 Å². The molecule has 38 heteroatoms. The average Bonchev–Trinajstić information content (AvgIpc) is 1.65. The molecule has 0 bridgehead atoms. The molecule has 1 aliphatic heterocycles. The van der Waals surface area contributed by atoms with E-state index in [-0.39, 0.29) is 109 Å². The van der Waals surface area contributed by atoms with Gasteiger partial charge in [-0.25, -0.2) is 0 Å². The molecule has 0 aliphatic carbocycles. The maximum atomic E-state index is 9.75. The summed E-state index contributed by atoms with van der Waals surface area (Å²) < 4.78 is 137. The fourth-order valence-corrected chi connectivity index (χ4v) is 9.55. The van der Waals surface area contributed by atoms with Crippen LogP contribution in [0.1, 0.15) is 121 Å². The van der Waals surface area contributed by atoms with Gasteiger partial charge in [-0.1, -0.05) is 72.8 Å². The van der Waals surface area contributed by atoms with Crippen molar-refractivity contribution in [2.45, 2.75) is 134 Å². The third-order valence-corrected chi connectivity index (χ3v) is 14.1. The Hall–Kier alpha value is -8.79. The van der Waals surface area contributed by atoms with E-state index in [1.54, 1.807) is 36.4 Å². The van der Waals surface area contributed by atoms with E-state index < -0.39 is 14.5 Å². The van der Waals surface area contributed by atoms with Gasteiger partial charge in [0.25, 0.3) is 0 Å². The number of rotatable bonds is 9. The molecule has 0 N–H and O–H groups in total. The van der Waals surface area contributed by atoms with Gasteiger partial charge in [-0.15, -0.1) is 0 Å². The Kier molecular flexibility index (Phi) is 81.0. The zero-order valence-corrected chi connectivity index (χ0v) is 80.0. The molecule has 0 saturated heterocycles.